The fraction of sp³-hybridized carbons (Fsp3) is 0.211. The molecule has 0 bridgehead atoms. The fourth-order valence-corrected chi connectivity index (χ4v) is 3.90. The Bertz CT molecular complexity index is 1090. The molecule has 152 valence electrons. The topological polar surface area (TPSA) is 129 Å². The Balaban J connectivity index is 1.72. The first kappa shape index (κ1) is 20.5. The molecule has 2 aromatic carbocycles. The lowest BCUT2D eigenvalue weighted by Crippen LogP contribution is -2.26. The second kappa shape index (κ2) is 8.41. The molecule has 3 rings (SSSR count). The molecular formula is C19H21N5O4S. The number of hydrogen-bond acceptors (Lipinski definition) is 6. The summed E-state index contributed by atoms with van der Waals surface area (Å²) < 4.78 is 34.6. The van der Waals surface area contributed by atoms with Gasteiger partial charge in [0.05, 0.1) is 23.4 Å². The monoisotopic (exact) mass is 415 g/mol. The highest BCUT2D eigenvalue weighted by molar-refractivity contribution is 7.89. The summed E-state index contributed by atoms with van der Waals surface area (Å²) in [7, 11) is -3.69. The van der Waals surface area contributed by atoms with Crippen LogP contribution >= 0.6 is 0 Å². The maximum absolute atomic E-state index is 12.6. The van der Waals surface area contributed by atoms with Crippen LogP contribution < -0.4 is 15.2 Å². The Labute approximate surface area is 168 Å². The van der Waals surface area contributed by atoms with Crippen LogP contribution in [0.3, 0.4) is 0 Å². The maximum atomic E-state index is 12.6. The molecule has 0 unspecified atom stereocenters. The van der Waals surface area contributed by atoms with Gasteiger partial charge in [0.2, 0.25) is 10.0 Å². The second-order valence-corrected chi connectivity index (χ2v) is 7.97. The van der Waals surface area contributed by atoms with E-state index in [1.807, 2.05) is 6.92 Å². The van der Waals surface area contributed by atoms with Crippen molar-refractivity contribution in [1.82, 2.24) is 19.7 Å². The third-order valence-electron chi connectivity index (χ3n) is 4.18. The van der Waals surface area contributed by atoms with E-state index in [-0.39, 0.29) is 10.6 Å². The minimum Gasteiger partial charge on any atom is -0.494 e. The zero-order valence-corrected chi connectivity index (χ0v) is 16.8. The number of carbonyl (C=O) groups excluding carboxylic acids is 1. The van der Waals surface area contributed by atoms with Crippen LogP contribution in [0.4, 0.5) is 0 Å². The number of aromatic nitrogens is 3. The van der Waals surface area contributed by atoms with E-state index in [1.165, 1.54) is 23.0 Å². The van der Waals surface area contributed by atoms with E-state index in [4.69, 9.17) is 10.5 Å². The van der Waals surface area contributed by atoms with E-state index >= 15 is 0 Å². The first-order chi connectivity index (χ1) is 13.8. The van der Waals surface area contributed by atoms with E-state index in [2.05, 4.69) is 15.0 Å². The van der Waals surface area contributed by atoms with Crippen molar-refractivity contribution < 1.29 is 17.9 Å². The van der Waals surface area contributed by atoms with Gasteiger partial charge in [-0.2, -0.15) is 0 Å². The number of hydrogen-bond donors (Lipinski definition) is 2. The predicted octanol–water partition coefficient (Wildman–Crippen LogP) is 1.80. The number of nitrogens with zero attached hydrogens (tertiary/aromatic N) is 3. The van der Waals surface area contributed by atoms with Gasteiger partial charge >= 0.3 is 0 Å². The van der Waals surface area contributed by atoms with Crippen molar-refractivity contribution in [2.45, 2.75) is 24.8 Å². The van der Waals surface area contributed by atoms with Gasteiger partial charge in [-0.3, -0.25) is 4.79 Å². The quantitative estimate of drug-likeness (QED) is 0.577. The summed E-state index contributed by atoms with van der Waals surface area (Å²) in [5, 5.41) is 7.53. The molecule has 29 heavy (non-hydrogen) atoms. The molecule has 0 saturated heterocycles. The van der Waals surface area contributed by atoms with Gasteiger partial charge in [0.25, 0.3) is 5.91 Å². The van der Waals surface area contributed by atoms with Crippen LogP contribution in [0.5, 0.6) is 5.75 Å². The van der Waals surface area contributed by atoms with Crippen LogP contribution in [0.15, 0.2) is 59.6 Å². The molecule has 0 aliphatic carbocycles. The second-order valence-electron chi connectivity index (χ2n) is 6.25. The van der Waals surface area contributed by atoms with E-state index in [0.717, 1.165) is 5.56 Å². The first-order valence-electron chi connectivity index (χ1n) is 8.88. The summed E-state index contributed by atoms with van der Waals surface area (Å²) in [6.07, 6.45) is 1.43. The number of carbonyl (C=O) groups is 1. The largest absolute Gasteiger partial charge is 0.494 e. The minimum atomic E-state index is -3.69. The highest BCUT2D eigenvalue weighted by Gasteiger charge is 2.18. The fourth-order valence-electron chi connectivity index (χ4n) is 2.67. The summed E-state index contributed by atoms with van der Waals surface area (Å²) in [5.41, 5.74) is 6.66. The Morgan fingerprint density at radius 2 is 1.83 bits per heavy atom. The molecular weight excluding hydrogens is 394 g/mol. The van der Waals surface area contributed by atoms with Gasteiger partial charge in [0.1, 0.15) is 5.75 Å². The summed E-state index contributed by atoms with van der Waals surface area (Å²) in [6.45, 7) is 4.12. The summed E-state index contributed by atoms with van der Waals surface area (Å²) >= 11 is 0. The van der Waals surface area contributed by atoms with Crippen molar-refractivity contribution in [3.05, 3.63) is 66.0 Å². The van der Waals surface area contributed by atoms with Crippen LogP contribution in [-0.4, -0.2) is 35.9 Å². The van der Waals surface area contributed by atoms with Crippen LogP contribution in [0.1, 0.15) is 35.9 Å². The summed E-state index contributed by atoms with van der Waals surface area (Å²) in [5.74, 6) is -0.0483. The number of nitrogens with one attached hydrogen (secondary N) is 1. The van der Waals surface area contributed by atoms with Gasteiger partial charge in [-0.25, -0.2) is 17.8 Å². The third kappa shape index (κ3) is 4.79. The number of sulfonamides is 1. The lowest BCUT2D eigenvalue weighted by atomic mass is 10.1. The molecule has 1 atom stereocenters. The van der Waals surface area contributed by atoms with Gasteiger partial charge in [-0.1, -0.05) is 17.3 Å². The molecule has 10 heteroatoms. The smallest absolute Gasteiger partial charge is 0.270 e. The Morgan fingerprint density at radius 1 is 1.17 bits per heavy atom. The lowest BCUT2D eigenvalue weighted by molar-refractivity contribution is 0.0995. The number of nitrogens with two attached hydrogens (primary N) is 1. The molecule has 0 fully saturated rings. The van der Waals surface area contributed by atoms with Crippen molar-refractivity contribution >= 4 is 15.9 Å². The van der Waals surface area contributed by atoms with Crippen LogP contribution in [0.2, 0.25) is 0 Å². The van der Waals surface area contributed by atoms with Crippen molar-refractivity contribution in [3.63, 3.8) is 0 Å². The molecule has 1 aromatic heterocycles. The predicted molar refractivity (Wildman–Crippen MR) is 106 cm³/mol. The lowest BCUT2D eigenvalue weighted by Gasteiger charge is -2.15. The van der Waals surface area contributed by atoms with E-state index in [9.17, 15) is 13.2 Å². The number of rotatable bonds is 8. The first-order valence-corrected chi connectivity index (χ1v) is 10.4. The molecule has 9 nitrogen and oxygen atoms in total. The van der Waals surface area contributed by atoms with Gasteiger partial charge in [0.15, 0.2) is 5.69 Å². The van der Waals surface area contributed by atoms with Crippen LogP contribution in [0, 0.1) is 0 Å². The average molecular weight is 415 g/mol. The van der Waals surface area contributed by atoms with Crippen molar-refractivity contribution in [1.29, 1.82) is 0 Å². The standard InChI is InChI=1S/C19H21N5O4S/c1-3-28-16-8-10-17(11-9-16)29(26,27)22-13(2)14-4-6-15(7-5-14)24-12-18(19(20)25)21-23-24/h4-13,22H,3H2,1-2H3,(H2,20,25)/t13-/m1/s1. The zero-order valence-electron chi connectivity index (χ0n) is 15.9. The van der Waals surface area contributed by atoms with Crippen molar-refractivity contribution in [2.75, 3.05) is 6.61 Å². The van der Waals surface area contributed by atoms with Gasteiger partial charge in [-0.05, 0) is 55.8 Å². The number of benzene rings is 2. The number of primary amides is 1. The van der Waals surface area contributed by atoms with Crippen molar-refractivity contribution in [2.24, 2.45) is 5.73 Å². The van der Waals surface area contributed by atoms with Gasteiger partial charge < -0.3 is 10.5 Å². The Hall–Kier alpha value is -3.24. The highest BCUT2D eigenvalue weighted by atomic mass is 32.2. The van der Waals surface area contributed by atoms with E-state index < -0.39 is 22.0 Å². The summed E-state index contributed by atoms with van der Waals surface area (Å²) in [4.78, 5) is 11.3. The van der Waals surface area contributed by atoms with E-state index in [1.54, 1.807) is 43.3 Å². The molecule has 3 aromatic rings. The molecule has 3 N–H and O–H groups in total. The highest BCUT2D eigenvalue weighted by Crippen LogP contribution is 2.20. The van der Waals surface area contributed by atoms with Crippen LogP contribution in [-0.2, 0) is 10.0 Å². The molecule has 0 aliphatic rings. The summed E-state index contributed by atoms with van der Waals surface area (Å²) in [6, 6.07) is 12.8. The maximum Gasteiger partial charge on any atom is 0.270 e. The Kier molecular flexibility index (Phi) is 5.95. The van der Waals surface area contributed by atoms with Crippen molar-refractivity contribution in [3.8, 4) is 11.4 Å². The SMILES string of the molecule is CCOc1ccc(S(=O)(=O)N[C@H](C)c2ccc(-n3cc(C(N)=O)nn3)cc2)cc1. The zero-order chi connectivity index (χ0) is 21.0. The Morgan fingerprint density at radius 3 is 2.38 bits per heavy atom. The molecule has 0 saturated carbocycles. The average Bonchev–Trinajstić information content (AvgIpc) is 3.19. The van der Waals surface area contributed by atoms with Gasteiger partial charge in [-0.15, -0.1) is 5.10 Å². The minimum absolute atomic E-state index is 0.0607. The molecule has 1 heterocycles. The molecule has 0 spiro atoms. The number of ether oxygens (including phenoxy) is 1. The number of amides is 1. The van der Waals surface area contributed by atoms with Gasteiger partial charge in [0, 0.05) is 6.04 Å². The normalized spacial score (nSPS) is 12.5. The molecule has 1 amide bonds. The van der Waals surface area contributed by atoms with E-state index in [0.29, 0.717) is 18.0 Å². The molecule has 0 aliphatic heterocycles. The van der Waals surface area contributed by atoms with Crippen LogP contribution in [0.25, 0.3) is 5.69 Å². The molecule has 0 radical (unpaired) electrons. The third-order valence-corrected chi connectivity index (χ3v) is 5.74.